The molecule has 1 aromatic carbocycles. The quantitative estimate of drug-likeness (QED) is 0.711. The minimum absolute atomic E-state index is 0.123. The maximum Gasteiger partial charge on any atom is 0.123 e. The number of likely N-dealkylation sites (N-methyl/N-ethyl adjacent to an activating group) is 1. The van der Waals surface area contributed by atoms with Gasteiger partial charge in [-0.2, -0.15) is 0 Å². The lowest BCUT2D eigenvalue weighted by molar-refractivity contribution is 0.308. The summed E-state index contributed by atoms with van der Waals surface area (Å²) < 4.78 is 0. The number of hydrogen-bond donors (Lipinski definition) is 1. The van der Waals surface area contributed by atoms with Gasteiger partial charge in [-0.3, -0.25) is 9.80 Å². The standard InChI is InChI=1S/C24H34N2OS/c1-9-10-25(8)11-12-26-16-19(28-17-26)13-18-14-20(23(2,3)4)22(27)21(15-18)24(5,6)7/h1,13-15,27H,10-12,17H2,2-8H3. The van der Waals surface area contributed by atoms with E-state index in [4.69, 9.17) is 6.42 Å². The normalized spacial score (nSPS) is 17.5. The Balaban J connectivity index is 2.23. The summed E-state index contributed by atoms with van der Waals surface area (Å²) in [5.74, 6) is 4.01. The molecule has 0 spiro atoms. The van der Waals surface area contributed by atoms with E-state index in [1.54, 1.807) is 11.8 Å². The molecule has 0 saturated carbocycles. The van der Waals surface area contributed by atoms with Crippen molar-refractivity contribution in [3.8, 4) is 18.1 Å². The van der Waals surface area contributed by atoms with Crippen LogP contribution in [0.2, 0.25) is 0 Å². The average Bonchev–Trinajstić information content (AvgIpc) is 3.00. The van der Waals surface area contributed by atoms with Crippen molar-refractivity contribution < 1.29 is 5.11 Å². The Morgan fingerprint density at radius 1 is 1.21 bits per heavy atom. The molecular weight excluding hydrogens is 364 g/mol. The molecule has 1 saturated heterocycles. The molecular formula is C24H34N2OS. The second-order valence-electron chi connectivity index (χ2n) is 9.56. The average molecular weight is 399 g/mol. The monoisotopic (exact) mass is 398 g/mol. The van der Waals surface area contributed by atoms with Crippen LogP contribution < -0.4 is 0 Å². The SMILES string of the molecule is C#CCN(C)CCN1[C]C(=Cc2cc(C(C)(C)C)c(O)c(C(C)(C)C)c2)SC1. The number of thioether (sulfide) groups is 1. The van der Waals surface area contributed by atoms with E-state index in [1.165, 1.54) is 0 Å². The Morgan fingerprint density at radius 3 is 2.29 bits per heavy atom. The van der Waals surface area contributed by atoms with Gasteiger partial charge < -0.3 is 5.11 Å². The molecule has 1 heterocycles. The van der Waals surface area contributed by atoms with Crippen molar-refractivity contribution in [3.05, 3.63) is 40.3 Å². The number of phenols is 1. The van der Waals surface area contributed by atoms with Crippen LogP contribution in [0.1, 0.15) is 58.2 Å². The molecule has 0 unspecified atom stereocenters. The highest BCUT2D eigenvalue weighted by molar-refractivity contribution is 8.03. The minimum atomic E-state index is -0.123. The van der Waals surface area contributed by atoms with Crippen molar-refractivity contribution in [2.75, 3.05) is 32.6 Å². The summed E-state index contributed by atoms with van der Waals surface area (Å²) in [5, 5.41) is 10.9. The largest absolute Gasteiger partial charge is 0.507 e. The van der Waals surface area contributed by atoms with Crippen LogP contribution in [0.4, 0.5) is 0 Å². The van der Waals surface area contributed by atoms with E-state index < -0.39 is 0 Å². The van der Waals surface area contributed by atoms with Crippen molar-refractivity contribution in [2.24, 2.45) is 0 Å². The summed E-state index contributed by atoms with van der Waals surface area (Å²) in [5.41, 5.74) is 2.85. The molecule has 28 heavy (non-hydrogen) atoms. The van der Waals surface area contributed by atoms with Gasteiger partial charge in [0.1, 0.15) is 12.3 Å². The zero-order chi connectivity index (χ0) is 21.1. The highest BCUT2D eigenvalue weighted by Crippen LogP contribution is 2.41. The fraction of sp³-hybridized carbons (Fsp3) is 0.542. The van der Waals surface area contributed by atoms with Crippen molar-refractivity contribution >= 4 is 17.8 Å². The maximum absolute atomic E-state index is 10.9. The molecule has 0 atom stereocenters. The Kier molecular flexibility index (Phi) is 7.31. The summed E-state index contributed by atoms with van der Waals surface area (Å²) in [6.45, 7) is 18.8. The molecule has 2 rings (SSSR count). The van der Waals surface area contributed by atoms with Gasteiger partial charge in [0, 0.05) is 35.0 Å². The number of benzene rings is 1. The first-order chi connectivity index (χ1) is 12.9. The predicted octanol–water partition coefficient (Wildman–Crippen LogP) is 4.94. The van der Waals surface area contributed by atoms with E-state index >= 15 is 0 Å². The molecule has 1 aromatic rings. The van der Waals surface area contributed by atoms with Crippen LogP contribution in [0.15, 0.2) is 17.0 Å². The molecule has 1 aliphatic rings. The van der Waals surface area contributed by atoms with Crippen molar-refractivity contribution in [1.29, 1.82) is 0 Å². The summed E-state index contributed by atoms with van der Waals surface area (Å²) in [6, 6.07) is 4.23. The van der Waals surface area contributed by atoms with E-state index in [2.05, 4.69) is 82.0 Å². The van der Waals surface area contributed by atoms with E-state index in [0.29, 0.717) is 12.3 Å². The van der Waals surface area contributed by atoms with Crippen LogP contribution in [-0.2, 0) is 10.8 Å². The Bertz CT molecular complexity index is 727. The van der Waals surface area contributed by atoms with Crippen LogP contribution >= 0.6 is 11.8 Å². The van der Waals surface area contributed by atoms with Crippen LogP contribution in [0.25, 0.3) is 6.08 Å². The lowest BCUT2D eigenvalue weighted by Crippen LogP contribution is -2.30. The van der Waals surface area contributed by atoms with Crippen molar-refractivity contribution in [3.63, 3.8) is 0 Å². The van der Waals surface area contributed by atoms with Gasteiger partial charge in [-0.1, -0.05) is 47.5 Å². The van der Waals surface area contributed by atoms with Crippen molar-refractivity contribution in [2.45, 2.75) is 52.4 Å². The lowest BCUT2D eigenvalue weighted by atomic mass is 9.78. The molecule has 3 nitrogen and oxygen atoms in total. The molecule has 1 fully saturated rings. The third-order valence-corrected chi connectivity index (χ3v) is 5.76. The highest BCUT2D eigenvalue weighted by atomic mass is 32.2. The molecule has 0 aliphatic carbocycles. The van der Waals surface area contributed by atoms with Gasteiger partial charge in [0.05, 0.1) is 6.54 Å². The van der Waals surface area contributed by atoms with Crippen LogP contribution in [0.5, 0.6) is 5.75 Å². The second-order valence-corrected chi connectivity index (χ2v) is 10.6. The lowest BCUT2D eigenvalue weighted by Gasteiger charge is -2.28. The van der Waals surface area contributed by atoms with E-state index in [9.17, 15) is 5.11 Å². The number of aromatic hydroxyl groups is 1. The van der Waals surface area contributed by atoms with Crippen LogP contribution in [-0.4, -0.2) is 47.5 Å². The van der Waals surface area contributed by atoms with Gasteiger partial charge >= 0.3 is 0 Å². The maximum atomic E-state index is 10.9. The third kappa shape index (κ3) is 6.04. The number of nitrogens with zero attached hydrogens (tertiary/aromatic N) is 2. The Hall–Kier alpha value is -1.41. The summed E-state index contributed by atoms with van der Waals surface area (Å²) in [7, 11) is 2.04. The predicted molar refractivity (Wildman–Crippen MR) is 122 cm³/mol. The molecule has 0 amide bonds. The molecule has 0 aromatic heterocycles. The molecule has 2 radical (unpaired) electrons. The van der Waals surface area contributed by atoms with Crippen molar-refractivity contribution in [1.82, 2.24) is 9.80 Å². The van der Waals surface area contributed by atoms with Gasteiger partial charge in [-0.15, -0.1) is 18.2 Å². The number of hydrogen-bond acceptors (Lipinski definition) is 4. The number of phenolic OH excluding ortho intramolecular Hbond substituents is 1. The fourth-order valence-corrected chi connectivity index (χ4v) is 4.03. The van der Waals surface area contributed by atoms with Gasteiger partial charge in [0.15, 0.2) is 0 Å². The zero-order valence-corrected chi connectivity index (χ0v) is 19.2. The fourth-order valence-electron chi connectivity index (χ4n) is 3.12. The van der Waals surface area contributed by atoms with Gasteiger partial charge in [-0.05, 0) is 41.6 Å². The first kappa shape index (κ1) is 22.9. The third-order valence-electron chi connectivity index (χ3n) is 4.80. The van der Waals surface area contributed by atoms with Gasteiger partial charge in [-0.25, -0.2) is 0 Å². The van der Waals surface area contributed by atoms with Crippen LogP contribution in [0.3, 0.4) is 0 Å². The molecule has 1 N–H and O–H groups in total. The van der Waals surface area contributed by atoms with Gasteiger partial charge in [0.25, 0.3) is 0 Å². The molecule has 1 aliphatic heterocycles. The topological polar surface area (TPSA) is 26.7 Å². The molecule has 4 heteroatoms. The highest BCUT2D eigenvalue weighted by Gasteiger charge is 2.27. The zero-order valence-electron chi connectivity index (χ0n) is 18.4. The Morgan fingerprint density at radius 2 is 1.79 bits per heavy atom. The van der Waals surface area contributed by atoms with Gasteiger partial charge in [0.2, 0.25) is 0 Å². The summed E-state index contributed by atoms with van der Waals surface area (Å²) >= 11 is 1.80. The molecule has 0 bridgehead atoms. The van der Waals surface area contributed by atoms with Crippen LogP contribution in [0, 0.1) is 18.9 Å². The number of terminal acetylenes is 1. The smallest absolute Gasteiger partial charge is 0.123 e. The minimum Gasteiger partial charge on any atom is -0.507 e. The molecule has 152 valence electrons. The Labute approximate surface area is 176 Å². The second kappa shape index (κ2) is 8.95. The summed E-state index contributed by atoms with van der Waals surface area (Å²) in [6.07, 6.45) is 7.55. The summed E-state index contributed by atoms with van der Waals surface area (Å²) in [4.78, 5) is 5.48. The number of rotatable bonds is 5. The van der Waals surface area contributed by atoms with E-state index in [0.717, 1.165) is 40.6 Å². The van der Waals surface area contributed by atoms with E-state index in [-0.39, 0.29) is 10.8 Å². The van der Waals surface area contributed by atoms with E-state index in [1.807, 2.05) is 7.05 Å². The first-order valence-corrected chi connectivity index (χ1v) is 10.8. The first-order valence-electron chi connectivity index (χ1n) is 9.78.